The highest BCUT2D eigenvalue weighted by Crippen LogP contribution is 2.23. The fraction of sp³-hybridized carbons (Fsp3) is 0.200. The molecule has 0 radical (unpaired) electrons. The Morgan fingerprint density at radius 1 is 0.972 bits per heavy atom. The summed E-state index contributed by atoms with van der Waals surface area (Å²) in [6, 6.07) is 15.4. The Morgan fingerprint density at radius 2 is 1.64 bits per heavy atom. The second kappa shape index (κ2) is 12.8. The highest BCUT2D eigenvalue weighted by Gasteiger charge is 2.35. The van der Waals surface area contributed by atoms with Crippen molar-refractivity contribution in [2.45, 2.75) is 19.5 Å². The minimum Gasteiger partial charge on any atom is -0.478 e. The zero-order valence-electron chi connectivity index (χ0n) is 19.4. The molecule has 1 aromatic heterocycles. The third-order valence-electron chi connectivity index (χ3n) is 5.30. The molecule has 7 N–H and O–H groups in total. The molecule has 2 heterocycles. The third-order valence-corrected chi connectivity index (χ3v) is 5.30. The van der Waals surface area contributed by atoms with Crippen molar-refractivity contribution in [3.63, 3.8) is 0 Å². The van der Waals surface area contributed by atoms with E-state index in [4.69, 9.17) is 15.9 Å². The summed E-state index contributed by atoms with van der Waals surface area (Å²) >= 11 is 0. The summed E-state index contributed by atoms with van der Waals surface area (Å²) in [5.41, 5.74) is 9.85. The van der Waals surface area contributed by atoms with Crippen LogP contribution in [-0.2, 0) is 33.9 Å². The summed E-state index contributed by atoms with van der Waals surface area (Å²) in [7, 11) is 0. The van der Waals surface area contributed by atoms with E-state index in [9.17, 15) is 19.2 Å². The lowest BCUT2D eigenvalue weighted by Gasteiger charge is -2.17. The Labute approximate surface area is 206 Å². The van der Waals surface area contributed by atoms with Gasteiger partial charge in [0.25, 0.3) is 5.91 Å². The Morgan fingerprint density at radius 3 is 2.25 bits per heavy atom. The number of benzene rings is 2. The molecule has 0 saturated carbocycles. The topological polar surface area (TPSA) is 189 Å². The van der Waals surface area contributed by atoms with Crippen molar-refractivity contribution >= 4 is 34.8 Å². The average Bonchev–Trinajstić information content (AvgIpc) is 3.34. The second-order valence-electron chi connectivity index (χ2n) is 7.85. The Balaban J connectivity index is 0.000000442. The van der Waals surface area contributed by atoms with E-state index >= 15 is 0 Å². The Hall–Kier alpha value is -4.48. The van der Waals surface area contributed by atoms with Crippen LogP contribution in [0.3, 0.4) is 0 Å². The number of carbonyl (C=O) groups excluding carboxylic acids is 2. The number of aliphatic carboxylic acids is 2. The number of nitrogens with zero attached hydrogens (tertiary/aromatic N) is 2. The SMILES string of the molecule is NCCc1c[nH]c2ccc(CN3CC(=O)N(Cc4ccccc4)C3=O)cc12.O.O=C(O)/C=C\C(=O)O. The molecule has 0 spiro atoms. The molecule has 0 aliphatic carbocycles. The van der Waals surface area contributed by atoms with Gasteiger partial charge >= 0.3 is 18.0 Å². The van der Waals surface area contributed by atoms with Crippen molar-refractivity contribution in [1.82, 2.24) is 14.8 Å². The maximum Gasteiger partial charge on any atom is 0.328 e. The molecule has 1 aliphatic heterocycles. The summed E-state index contributed by atoms with van der Waals surface area (Å²) in [6.07, 6.45) is 3.90. The first kappa shape index (κ1) is 27.8. The van der Waals surface area contributed by atoms with Crippen LogP contribution in [-0.4, -0.2) is 67.4 Å². The van der Waals surface area contributed by atoms with Crippen molar-refractivity contribution in [2.24, 2.45) is 5.73 Å². The highest BCUT2D eigenvalue weighted by atomic mass is 16.4. The molecule has 11 heteroatoms. The molecule has 11 nitrogen and oxygen atoms in total. The van der Waals surface area contributed by atoms with Crippen LogP contribution in [0.4, 0.5) is 4.79 Å². The van der Waals surface area contributed by atoms with Crippen LogP contribution < -0.4 is 5.73 Å². The van der Waals surface area contributed by atoms with Gasteiger partial charge in [-0.1, -0.05) is 36.4 Å². The van der Waals surface area contributed by atoms with E-state index in [1.54, 1.807) is 4.90 Å². The number of imide groups is 1. The second-order valence-corrected chi connectivity index (χ2v) is 7.85. The van der Waals surface area contributed by atoms with Crippen LogP contribution in [0.25, 0.3) is 10.9 Å². The van der Waals surface area contributed by atoms with Gasteiger partial charge in [-0.15, -0.1) is 0 Å². The monoisotopic (exact) mass is 496 g/mol. The van der Waals surface area contributed by atoms with Crippen molar-refractivity contribution in [2.75, 3.05) is 13.1 Å². The zero-order valence-corrected chi connectivity index (χ0v) is 19.4. The lowest BCUT2D eigenvalue weighted by atomic mass is 10.1. The van der Waals surface area contributed by atoms with Gasteiger partial charge in [0, 0.05) is 35.8 Å². The molecular weight excluding hydrogens is 468 g/mol. The highest BCUT2D eigenvalue weighted by molar-refractivity contribution is 6.02. The number of hydrogen-bond donors (Lipinski definition) is 4. The Bertz CT molecular complexity index is 1240. The largest absolute Gasteiger partial charge is 0.478 e. The lowest BCUT2D eigenvalue weighted by molar-refractivity contribution is -0.134. The molecule has 1 fully saturated rings. The predicted octanol–water partition coefficient (Wildman–Crippen LogP) is 1.52. The van der Waals surface area contributed by atoms with E-state index in [0.29, 0.717) is 31.8 Å². The molecule has 1 saturated heterocycles. The molecule has 3 aromatic rings. The molecule has 36 heavy (non-hydrogen) atoms. The summed E-state index contributed by atoms with van der Waals surface area (Å²) in [5.74, 6) is -2.67. The van der Waals surface area contributed by atoms with Gasteiger partial charge in [0.05, 0.1) is 6.54 Å². The van der Waals surface area contributed by atoms with Crippen molar-refractivity contribution < 1.29 is 34.9 Å². The fourth-order valence-electron chi connectivity index (χ4n) is 3.69. The number of amides is 3. The molecule has 4 rings (SSSR count). The summed E-state index contributed by atoms with van der Waals surface area (Å²) < 4.78 is 0. The number of carboxylic acids is 2. The number of rotatable bonds is 8. The van der Waals surface area contributed by atoms with Gasteiger partial charge in [0.1, 0.15) is 6.54 Å². The number of aromatic amines is 1. The summed E-state index contributed by atoms with van der Waals surface area (Å²) in [5, 5.41) is 16.7. The maximum absolute atomic E-state index is 12.7. The first-order chi connectivity index (χ1) is 16.8. The predicted molar refractivity (Wildman–Crippen MR) is 132 cm³/mol. The maximum atomic E-state index is 12.7. The summed E-state index contributed by atoms with van der Waals surface area (Å²) in [4.78, 5) is 50.3. The van der Waals surface area contributed by atoms with Crippen LogP contribution in [0.5, 0.6) is 0 Å². The molecule has 3 amide bonds. The first-order valence-corrected chi connectivity index (χ1v) is 10.8. The van der Waals surface area contributed by atoms with Gasteiger partial charge in [-0.05, 0) is 41.8 Å². The molecular formula is C25H28N4O7. The molecule has 0 atom stereocenters. The molecule has 2 aromatic carbocycles. The van der Waals surface area contributed by atoms with E-state index in [1.165, 1.54) is 10.5 Å². The van der Waals surface area contributed by atoms with Gasteiger partial charge in [-0.2, -0.15) is 0 Å². The van der Waals surface area contributed by atoms with E-state index in [2.05, 4.69) is 11.1 Å². The van der Waals surface area contributed by atoms with Crippen LogP contribution in [0, 0.1) is 0 Å². The normalized spacial score (nSPS) is 13.0. The number of hydrogen-bond acceptors (Lipinski definition) is 5. The van der Waals surface area contributed by atoms with Gasteiger partial charge in [-0.25, -0.2) is 14.4 Å². The van der Waals surface area contributed by atoms with E-state index in [1.807, 2.05) is 48.7 Å². The van der Waals surface area contributed by atoms with Gasteiger partial charge in [0.2, 0.25) is 0 Å². The number of carbonyl (C=O) groups is 4. The summed E-state index contributed by atoms with van der Waals surface area (Å²) in [6.45, 7) is 1.43. The van der Waals surface area contributed by atoms with Crippen molar-refractivity contribution in [3.8, 4) is 0 Å². The lowest BCUT2D eigenvalue weighted by Crippen LogP contribution is -2.32. The Kier molecular flexibility index (Phi) is 9.90. The smallest absolute Gasteiger partial charge is 0.328 e. The number of urea groups is 1. The number of nitrogens with one attached hydrogen (secondary N) is 1. The molecule has 0 unspecified atom stereocenters. The van der Waals surface area contributed by atoms with Crippen LogP contribution in [0.1, 0.15) is 16.7 Å². The van der Waals surface area contributed by atoms with Crippen LogP contribution in [0.2, 0.25) is 0 Å². The quantitative estimate of drug-likeness (QED) is 0.268. The number of fused-ring (bicyclic) bond motifs is 1. The third kappa shape index (κ3) is 7.26. The van der Waals surface area contributed by atoms with Crippen molar-refractivity contribution in [3.05, 3.63) is 83.6 Å². The minimum absolute atomic E-state index is 0. The minimum atomic E-state index is -1.26. The van der Waals surface area contributed by atoms with E-state index < -0.39 is 11.9 Å². The van der Waals surface area contributed by atoms with Crippen LogP contribution in [0.15, 0.2) is 66.9 Å². The first-order valence-electron chi connectivity index (χ1n) is 10.8. The van der Waals surface area contributed by atoms with E-state index in [0.717, 1.165) is 28.5 Å². The zero-order chi connectivity index (χ0) is 25.4. The standard InChI is InChI=1S/C21H22N4O2.C4H4O4.H2O/c22-9-8-17-11-23-19-7-6-16(10-18(17)19)12-24-14-20(26)25(21(24)27)13-15-4-2-1-3-5-15;5-3(6)1-2-4(7)8;/h1-7,10-11,23H,8-9,12-14,22H2;1-2H,(H,5,6)(H,7,8);1H2/b;2-1-;. The van der Waals surface area contributed by atoms with Gasteiger partial charge in [-0.3, -0.25) is 9.69 Å². The number of nitrogens with two attached hydrogens (primary N) is 1. The molecule has 1 aliphatic rings. The molecule has 190 valence electrons. The van der Waals surface area contributed by atoms with E-state index in [-0.39, 0.29) is 24.0 Å². The number of aromatic nitrogens is 1. The fourth-order valence-corrected chi connectivity index (χ4v) is 3.69. The van der Waals surface area contributed by atoms with Crippen molar-refractivity contribution in [1.29, 1.82) is 0 Å². The number of carboxylic acid groups (broad SMARTS) is 2. The van der Waals surface area contributed by atoms with Gasteiger partial charge in [0.15, 0.2) is 0 Å². The van der Waals surface area contributed by atoms with Crippen LogP contribution >= 0.6 is 0 Å². The van der Waals surface area contributed by atoms with Gasteiger partial charge < -0.3 is 31.3 Å². The molecule has 0 bridgehead atoms. The number of H-pyrrole nitrogens is 1. The average molecular weight is 497 g/mol.